The third-order valence-electron chi connectivity index (χ3n) is 2.26. The predicted molar refractivity (Wildman–Crippen MR) is 54.0 cm³/mol. The Morgan fingerprint density at radius 2 is 2.13 bits per heavy atom. The zero-order chi connectivity index (χ0) is 11.3. The maximum atomic E-state index is 11.5. The molecule has 1 saturated heterocycles. The molecule has 2 amide bonds. The first-order chi connectivity index (χ1) is 7.15. The Labute approximate surface area is 88.5 Å². The van der Waals surface area contributed by atoms with Crippen LogP contribution in [0.1, 0.15) is 6.92 Å². The highest BCUT2D eigenvalue weighted by molar-refractivity contribution is 5.86. The highest BCUT2D eigenvalue weighted by Crippen LogP contribution is 2.10. The van der Waals surface area contributed by atoms with E-state index in [-0.39, 0.29) is 30.3 Å². The molecule has 2 atom stereocenters. The van der Waals surface area contributed by atoms with Gasteiger partial charge in [-0.05, 0) is 6.92 Å². The summed E-state index contributed by atoms with van der Waals surface area (Å²) < 4.78 is 5.06. The Balaban J connectivity index is 2.26. The van der Waals surface area contributed by atoms with Crippen LogP contribution in [0.15, 0.2) is 0 Å². The average molecular weight is 215 g/mol. The molecule has 0 aromatic carbocycles. The zero-order valence-electron chi connectivity index (χ0n) is 8.79. The molecule has 0 aromatic rings. The van der Waals surface area contributed by atoms with Crippen molar-refractivity contribution in [1.29, 1.82) is 0 Å². The van der Waals surface area contributed by atoms with Gasteiger partial charge in [-0.3, -0.25) is 9.59 Å². The minimum absolute atomic E-state index is 0.00407. The van der Waals surface area contributed by atoms with Crippen LogP contribution in [0.4, 0.5) is 0 Å². The van der Waals surface area contributed by atoms with Gasteiger partial charge >= 0.3 is 0 Å². The van der Waals surface area contributed by atoms with Crippen molar-refractivity contribution in [3.63, 3.8) is 0 Å². The van der Waals surface area contributed by atoms with Gasteiger partial charge in [0.1, 0.15) is 0 Å². The summed E-state index contributed by atoms with van der Waals surface area (Å²) in [7, 11) is 0. The fourth-order valence-electron chi connectivity index (χ4n) is 1.40. The van der Waals surface area contributed by atoms with Crippen LogP contribution < -0.4 is 16.4 Å². The van der Waals surface area contributed by atoms with Gasteiger partial charge in [-0.15, -0.1) is 0 Å². The monoisotopic (exact) mass is 215 g/mol. The van der Waals surface area contributed by atoms with Gasteiger partial charge in [-0.1, -0.05) is 0 Å². The van der Waals surface area contributed by atoms with E-state index in [9.17, 15) is 9.59 Å². The Bertz CT molecular complexity index is 245. The molecule has 2 unspecified atom stereocenters. The normalized spacial score (nSPS) is 24.9. The van der Waals surface area contributed by atoms with Crippen molar-refractivity contribution >= 4 is 11.8 Å². The second-order valence-corrected chi connectivity index (χ2v) is 3.48. The summed E-state index contributed by atoms with van der Waals surface area (Å²) in [5, 5.41) is 5.12. The Morgan fingerprint density at radius 3 is 2.67 bits per heavy atom. The van der Waals surface area contributed by atoms with E-state index >= 15 is 0 Å². The first kappa shape index (κ1) is 11.9. The average Bonchev–Trinajstić information content (AvgIpc) is 2.61. The Morgan fingerprint density at radius 1 is 1.40 bits per heavy atom. The molecule has 15 heavy (non-hydrogen) atoms. The van der Waals surface area contributed by atoms with Gasteiger partial charge in [0.05, 0.1) is 25.7 Å². The van der Waals surface area contributed by atoms with E-state index < -0.39 is 0 Å². The maximum absolute atomic E-state index is 11.5. The molecule has 6 heteroatoms. The van der Waals surface area contributed by atoms with Gasteiger partial charge in [-0.25, -0.2) is 0 Å². The summed E-state index contributed by atoms with van der Waals surface area (Å²) in [6.07, 6.45) is 0. The molecule has 1 heterocycles. The topological polar surface area (TPSA) is 93.5 Å². The van der Waals surface area contributed by atoms with Crippen LogP contribution in [0.2, 0.25) is 0 Å². The lowest BCUT2D eigenvalue weighted by atomic mass is 10.0. The first-order valence-corrected chi connectivity index (χ1v) is 5.03. The van der Waals surface area contributed by atoms with Crippen LogP contribution in [-0.2, 0) is 14.3 Å². The minimum Gasteiger partial charge on any atom is -0.379 e. The minimum atomic E-state index is -0.334. The Kier molecular flexibility index (Phi) is 4.51. The number of hydrogen-bond donors (Lipinski definition) is 3. The molecule has 1 fully saturated rings. The maximum Gasteiger partial charge on any atom is 0.239 e. The molecule has 4 N–H and O–H groups in total. The van der Waals surface area contributed by atoms with E-state index in [1.165, 1.54) is 0 Å². The van der Waals surface area contributed by atoms with Crippen molar-refractivity contribution in [1.82, 2.24) is 10.6 Å². The van der Waals surface area contributed by atoms with Crippen molar-refractivity contribution in [3.05, 3.63) is 0 Å². The molecule has 0 spiro atoms. The van der Waals surface area contributed by atoms with Crippen molar-refractivity contribution < 1.29 is 14.3 Å². The van der Waals surface area contributed by atoms with Crippen LogP contribution in [-0.4, -0.2) is 44.2 Å². The molecule has 0 saturated carbocycles. The molecule has 0 aliphatic carbocycles. The summed E-state index contributed by atoms with van der Waals surface area (Å²) in [5.74, 6) is -0.746. The SMILES string of the molecule is CCNC(=O)CNC(=O)C1COCC1N. The second-order valence-electron chi connectivity index (χ2n) is 3.48. The zero-order valence-corrected chi connectivity index (χ0v) is 8.79. The van der Waals surface area contributed by atoms with Crippen molar-refractivity contribution in [2.45, 2.75) is 13.0 Å². The third kappa shape index (κ3) is 3.49. The van der Waals surface area contributed by atoms with Gasteiger partial charge < -0.3 is 21.1 Å². The van der Waals surface area contributed by atoms with Crippen molar-refractivity contribution in [2.24, 2.45) is 11.7 Å². The summed E-state index contributed by atoms with van der Waals surface area (Å²) in [5.41, 5.74) is 5.66. The molecule has 1 aliphatic heterocycles. The smallest absolute Gasteiger partial charge is 0.239 e. The van der Waals surface area contributed by atoms with Crippen LogP contribution >= 0.6 is 0 Å². The number of ether oxygens (including phenoxy) is 1. The largest absolute Gasteiger partial charge is 0.379 e. The molecule has 1 aliphatic rings. The van der Waals surface area contributed by atoms with Crippen LogP contribution in [0.3, 0.4) is 0 Å². The van der Waals surface area contributed by atoms with E-state index in [1.807, 2.05) is 6.92 Å². The summed E-state index contributed by atoms with van der Waals surface area (Å²) in [4.78, 5) is 22.6. The fraction of sp³-hybridized carbons (Fsp3) is 0.778. The quantitative estimate of drug-likeness (QED) is 0.516. The van der Waals surface area contributed by atoms with Crippen molar-refractivity contribution in [2.75, 3.05) is 26.3 Å². The molecule has 86 valence electrons. The number of carbonyl (C=O) groups excluding carboxylic acids is 2. The predicted octanol–water partition coefficient (Wildman–Crippen LogP) is -1.79. The summed E-state index contributed by atoms with van der Waals surface area (Å²) in [6.45, 7) is 3.11. The standard InChI is InChI=1S/C9H17N3O3/c1-2-11-8(13)3-12-9(14)6-4-15-5-7(6)10/h6-7H,2-5,10H2,1H3,(H,11,13)(H,12,14). The fourth-order valence-corrected chi connectivity index (χ4v) is 1.40. The van der Waals surface area contributed by atoms with Crippen LogP contribution in [0.5, 0.6) is 0 Å². The third-order valence-corrected chi connectivity index (χ3v) is 2.26. The Hall–Kier alpha value is -1.14. The number of rotatable bonds is 4. The van der Waals surface area contributed by atoms with Crippen LogP contribution in [0.25, 0.3) is 0 Å². The number of amides is 2. The van der Waals surface area contributed by atoms with Gasteiger partial charge in [0.2, 0.25) is 11.8 Å². The van der Waals surface area contributed by atoms with Gasteiger partial charge in [0, 0.05) is 12.6 Å². The van der Waals surface area contributed by atoms with E-state index in [1.54, 1.807) is 0 Å². The van der Waals surface area contributed by atoms with E-state index in [0.717, 1.165) is 0 Å². The van der Waals surface area contributed by atoms with Crippen molar-refractivity contribution in [3.8, 4) is 0 Å². The van der Waals surface area contributed by atoms with E-state index in [0.29, 0.717) is 19.8 Å². The molecular formula is C9H17N3O3. The van der Waals surface area contributed by atoms with E-state index in [4.69, 9.17) is 10.5 Å². The molecular weight excluding hydrogens is 198 g/mol. The second kappa shape index (κ2) is 5.67. The molecule has 0 bridgehead atoms. The van der Waals surface area contributed by atoms with Gasteiger partial charge in [0.25, 0.3) is 0 Å². The number of nitrogens with one attached hydrogen (secondary N) is 2. The summed E-state index contributed by atoms with van der Waals surface area (Å²) >= 11 is 0. The van der Waals surface area contributed by atoms with E-state index in [2.05, 4.69) is 10.6 Å². The molecule has 0 radical (unpaired) electrons. The lowest BCUT2D eigenvalue weighted by molar-refractivity contribution is -0.128. The summed E-state index contributed by atoms with van der Waals surface area (Å²) in [6, 6.07) is -0.265. The van der Waals surface area contributed by atoms with Gasteiger partial charge in [0.15, 0.2) is 0 Å². The van der Waals surface area contributed by atoms with Crippen LogP contribution in [0, 0.1) is 5.92 Å². The number of carbonyl (C=O) groups is 2. The number of hydrogen-bond acceptors (Lipinski definition) is 4. The lowest BCUT2D eigenvalue weighted by Gasteiger charge is -2.12. The first-order valence-electron chi connectivity index (χ1n) is 5.03. The lowest BCUT2D eigenvalue weighted by Crippen LogP contribution is -2.44. The van der Waals surface area contributed by atoms with Gasteiger partial charge in [-0.2, -0.15) is 0 Å². The molecule has 0 aromatic heterocycles. The molecule has 1 rings (SSSR count). The molecule has 6 nitrogen and oxygen atoms in total. The highest BCUT2D eigenvalue weighted by atomic mass is 16.5. The number of likely N-dealkylation sites (N-methyl/N-ethyl adjacent to an activating group) is 1. The number of nitrogens with two attached hydrogens (primary N) is 1. The highest BCUT2D eigenvalue weighted by Gasteiger charge is 2.31.